The zero-order valence-corrected chi connectivity index (χ0v) is 12.1. The minimum atomic E-state index is -0.393. The van der Waals surface area contributed by atoms with E-state index in [1.54, 1.807) is 14.0 Å². The molecule has 0 saturated carbocycles. The lowest BCUT2D eigenvalue weighted by Crippen LogP contribution is -2.26. The third-order valence-electron chi connectivity index (χ3n) is 2.97. The van der Waals surface area contributed by atoms with Gasteiger partial charge in [-0.3, -0.25) is 9.69 Å². The van der Waals surface area contributed by atoms with E-state index >= 15 is 0 Å². The fourth-order valence-electron chi connectivity index (χ4n) is 1.84. The third kappa shape index (κ3) is 4.56. The fourth-order valence-corrected chi connectivity index (χ4v) is 1.84. The van der Waals surface area contributed by atoms with Gasteiger partial charge >= 0.3 is 5.97 Å². The highest BCUT2D eigenvalue weighted by Crippen LogP contribution is 2.21. The minimum Gasteiger partial charge on any atom is -0.497 e. The number of carbonyl (C=O) groups excluding carboxylic acids is 1. The molecule has 0 aliphatic rings. The number of methoxy groups -OCH3 is 1. The second-order valence-electron chi connectivity index (χ2n) is 4.34. The molecule has 0 saturated heterocycles. The molecule has 1 unspecified atom stereocenters. The van der Waals surface area contributed by atoms with E-state index in [1.807, 2.05) is 36.2 Å². The number of esters is 1. The van der Waals surface area contributed by atoms with Gasteiger partial charge in [-0.1, -0.05) is 12.1 Å². The maximum Gasteiger partial charge on any atom is 0.307 e. The lowest BCUT2D eigenvalue weighted by atomic mass is 10.1. The Morgan fingerprint density at radius 3 is 2.55 bits per heavy atom. The monoisotopic (exact) mass is 276 g/mol. The molecule has 0 aromatic heterocycles. The Kier molecular flexibility index (Phi) is 6.54. The first-order valence-corrected chi connectivity index (χ1v) is 6.51. The van der Waals surface area contributed by atoms with E-state index in [1.165, 1.54) is 0 Å². The summed E-state index contributed by atoms with van der Waals surface area (Å²) in [6.07, 6.45) is 0.276. The molecule has 0 aliphatic heterocycles. The molecule has 0 radical (unpaired) electrons. The van der Waals surface area contributed by atoms with Gasteiger partial charge in [0.15, 0.2) is 0 Å². The summed E-state index contributed by atoms with van der Waals surface area (Å²) in [4.78, 5) is 13.2. The maximum absolute atomic E-state index is 11.3. The van der Waals surface area contributed by atoms with E-state index in [0.29, 0.717) is 13.2 Å². The molecule has 20 heavy (non-hydrogen) atoms. The van der Waals surface area contributed by atoms with Crippen LogP contribution in [-0.2, 0) is 9.53 Å². The van der Waals surface area contributed by atoms with Crippen molar-refractivity contribution in [1.82, 2.24) is 4.90 Å². The summed E-state index contributed by atoms with van der Waals surface area (Å²) in [6.45, 7) is 2.63. The van der Waals surface area contributed by atoms with Gasteiger partial charge in [0.05, 0.1) is 26.2 Å². The molecule has 0 aliphatic carbocycles. The molecule has 0 fully saturated rings. The van der Waals surface area contributed by atoms with Gasteiger partial charge in [0, 0.05) is 6.54 Å². The van der Waals surface area contributed by atoms with Crippen molar-refractivity contribution in [3.63, 3.8) is 0 Å². The van der Waals surface area contributed by atoms with Crippen LogP contribution >= 0.6 is 0 Å². The lowest BCUT2D eigenvalue weighted by Gasteiger charge is -2.22. The predicted octanol–water partition coefficient (Wildman–Crippen LogP) is 2.14. The van der Waals surface area contributed by atoms with Crippen molar-refractivity contribution in [3.05, 3.63) is 29.8 Å². The molecule has 0 amide bonds. The number of carbonyl (C=O) groups is 1. The lowest BCUT2D eigenvalue weighted by molar-refractivity contribution is -0.143. The Morgan fingerprint density at radius 1 is 1.40 bits per heavy atom. The summed E-state index contributed by atoms with van der Waals surface area (Å²) in [7, 11) is 3.42. The highest BCUT2D eigenvalue weighted by molar-refractivity contribution is 5.69. The van der Waals surface area contributed by atoms with Crippen LogP contribution in [0.2, 0.25) is 0 Å². The summed E-state index contributed by atoms with van der Waals surface area (Å²) >= 11 is 0. The average molecular weight is 276 g/mol. The Bertz CT molecular complexity index is 465. The van der Waals surface area contributed by atoms with Gasteiger partial charge in [-0.15, -0.1) is 0 Å². The summed E-state index contributed by atoms with van der Waals surface area (Å²) < 4.78 is 9.97. The molecule has 108 valence electrons. The van der Waals surface area contributed by atoms with Gasteiger partial charge in [0.2, 0.25) is 0 Å². The number of ether oxygens (including phenoxy) is 2. The van der Waals surface area contributed by atoms with Gasteiger partial charge in [0.25, 0.3) is 0 Å². The largest absolute Gasteiger partial charge is 0.497 e. The van der Waals surface area contributed by atoms with Crippen LogP contribution in [-0.4, -0.2) is 38.2 Å². The van der Waals surface area contributed by atoms with Crippen LogP contribution in [0.1, 0.15) is 24.9 Å². The van der Waals surface area contributed by atoms with Crippen LogP contribution in [0.15, 0.2) is 24.3 Å². The minimum absolute atomic E-state index is 0.245. The molecule has 5 nitrogen and oxygen atoms in total. The number of nitrogens with zero attached hydrogens (tertiary/aromatic N) is 2. The smallest absolute Gasteiger partial charge is 0.307 e. The highest BCUT2D eigenvalue weighted by Gasteiger charge is 2.17. The number of hydrogen-bond donors (Lipinski definition) is 0. The summed E-state index contributed by atoms with van der Waals surface area (Å²) in [5.41, 5.74) is 0.875. The first-order valence-electron chi connectivity index (χ1n) is 6.51. The van der Waals surface area contributed by atoms with E-state index in [9.17, 15) is 10.1 Å². The van der Waals surface area contributed by atoms with Crippen molar-refractivity contribution >= 4 is 5.97 Å². The van der Waals surface area contributed by atoms with Crippen LogP contribution in [0.3, 0.4) is 0 Å². The molecular weight excluding hydrogens is 256 g/mol. The maximum atomic E-state index is 11.3. The van der Waals surface area contributed by atoms with E-state index in [2.05, 4.69) is 6.07 Å². The van der Waals surface area contributed by atoms with Gasteiger partial charge in [0.1, 0.15) is 11.8 Å². The molecule has 1 atom stereocenters. The normalized spacial score (nSPS) is 11.8. The summed E-state index contributed by atoms with van der Waals surface area (Å²) in [5.74, 6) is 0.505. The van der Waals surface area contributed by atoms with Crippen molar-refractivity contribution in [2.75, 3.05) is 27.3 Å². The highest BCUT2D eigenvalue weighted by atomic mass is 16.5. The molecule has 0 N–H and O–H groups in total. The molecule has 0 bridgehead atoms. The number of rotatable bonds is 7. The average Bonchev–Trinajstić information content (AvgIpc) is 2.47. The zero-order chi connectivity index (χ0) is 15.0. The van der Waals surface area contributed by atoms with Crippen molar-refractivity contribution in [2.45, 2.75) is 19.4 Å². The third-order valence-corrected chi connectivity index (χ3v) is 2.97. The van der Waals surface area contributed by atoms with Gasteiger partial charge < -0.3 is 9.47 Å². The van der Waals surface area contributed by atoms with Crippen molar-refractivity contribution in [2.24, 2.45) is 0 Å². The molecule has 0 heterocycles. The molecular formula is C15H20N2O3. The fraction of sp³-hybridized carbons (Fsp3) is 0.467. The van der Waals surface area contributed by atoms with Crippen LogP contribution in [0.4, 0.5) is 0 Å². The molecule has 1 aromatic carbocycles. The second kappa shape index (κ2) is 8.18. The zero-order valence-electron chi connectivity index (χ0n) is 12.1. The summed E-state index contributed by atoms with van der Waals surface area (Å²) in [6, 6.07) is 9.20. The molecule has 1 rings (SSSR count). The Hall–Kier alpha value is -2.06. The predicted molar refractivity (Wildman–Crippen MR) is 75.2 cm³/mol. The quantitative estimate of drug-likeness (QED) is 0.714. The van der Waals surface area contributed by atoms with Gasteiger partial charge in [-0.25, -0.2) is 0 Å². The van der Waals surface area contributed by atoms with E-state index in [0.717, 1.165) is 11.3 Å². The van der Waals surface area contributed by atoms with Crippen molar-refractivity contribution in [1.29, 1.82) is 5.26 Å². The SMILES string of the molecule is CCOC(=O)CCN(C)C(C#N)c1ccc(OC)cc1. The number of benzene rings is 1. The van der Waals surface area contributed by atoms with Crippen molar-refractivity contribution in [3.8, 4) is 11.8 Å². The van der Waals surface area contributed by atoms with E-state index in [-0.39, 0.29) is 12.4 Å². The van der Waals surface area contributed by atoms with Crippen LogP contribution < -0.4 is 4.74 Å². The van der Waals surface area contributed by atoms with E-state index in [4.69, 9.17) is 9.47 Å². The van der Waals surface area contributed by atoms with E-state index < -0.39 is 6.04 Å². The van der Waals surface area contributed by atoms with Crippen LogP contribution in [0.25, 0.3) is 0 Å². The first kappa shape index (κ1) is 16.0. The number of hydrogen-bond acceptors (Lipinski definition) is 5. The van der Waals surface area contributed by atoms with Gasteiger partial charge in [-0.2, -0.15) is 5.26 Å². The Labute approximate surface area is 119 Å². The first-order chi connectivity index (χ1) is 9.62. The standard InChI is InChI=1S/C15H20N2O3/c1-4-20-15(18)9-10-17(2)14(11-16)12-5-7-13(19-3)8-6-12/h5-8,14H,4,9-10H2,1-3H3. The summed E-state index contributed by atoms with van der Waals surface area (Å²) in [5, 5.41) is 9.31. The Morgan fingerprint density at radius 2 is 2.05 bits per heavy atom. The van der Waals surface area contributed by atoms with Crippen molar-refractivity contribution < 1.29 is 14.3 Å². The van der Waals surface area contributed by atoms with Gasteiger partial charge in [-0.05, 0) is 31.7 Å². The second-order valence-corrected chi connectivity index (χ2v) is 4.34. The topological polar surface area (TPSA) is 62.6 Å². The number of nitriles is 1. The molecule has 1 aromatic rings. The van der Waals surface area contributed by atoms with Crippen LogP contribution in [0, 0.1) is 11.3 Å². The Balaban J connectivity index is 2.64. The molecule has 0 spiro atoms. The van der Waals surface area contributed by atoms with Crippen LogP contribution in [0.5, 0.6) is 5.75 Å². The molecule has 5 heteroatoms.